The minimum Gasteiger partial charge on any atom is -0.397 e. The van der Waals surface area contributed by atoms with Crippen molar-refractivity contribution in [1.82, 2.24) is 4.57 Å². The molecule has 2 rings (SSSR count). The first-order valence-corrected chi connectivity index (χ1v) is 5.63. The molecule has 0 bridgehead atoms. The van der Waals surface area contributed by atoms with Crippen molar-refractivity contribution in [3.05, 3.63) is 64.6 Å². The third kappa shape index (κ3) is 3.10. The Balaban J connectivity index is 2.14. The van der Waals surface area contributed by atoms with Gasteiger partial charge in [-0.05, 0) is 23.8 Å². The Morgan fingerprint density at radius 1 is 1.18 bits per heavy atom. The summed E-state index contributed by atoms with van der Waals surface area (Å²) in [5.41, 5.74) is 0.904. The van der Waals surface area contributed by atoms with Gasteiger partial charge in [0.15, 0.2) is 0 Å². The van der Waals surface area contributed by atoms with Crippen LogP contribution in [0.3, 0.4) is 0 Å². The lowest BCUT2D eigenvalue weighted by Crippen LogP contribution is -2.18. The first-order chi connectivity index (χ1) is 8.29. The highest BCUT2D eigenvalue weighted by molar-refractivity contribution is 7.89. The van der Waals surface area contributed by atoms with Crippen molar-refractivity contribution in [2.75, 3.05) is 0 Å². The predicted molar refractivity (Wildman–Crippen MR) is 65.6 cm³/mol. The molecule has 0 aliphatic carbocycles. The molecule has 0 radical (unpaired) electrons. The lowest BCUT2D eigenvalue weighted by atomic mass is 10.2. The first kappa shape index (κ1) is 11.7. The van der Waals surface area contributed by atoms with E-state index >= 15 is 0 Å². The molecule has 1 aromatic heterocycles. The normalized spacial score (nSPS) is 10.2. The van der Waals surface area contributed by atoms with Gasteiger partial charge in [0.25, 0.3) is 18.0 Å². The van der Waals surface area contributed by atoms with Crippen molar-refractivity contribution < 1.29 is 8.07 Å². The van der Waals surface area contributed by atoms with E-state index in [0.717, 1.165) is 5.56 Å². The molecular formula is C12H10FNO2S. The van der Waals surface area contributed by atoms with E-state index in [1.54, 1.807) is 47.2 Å². The van der Waals surface area contributed by atoms with E-state index in [9.17, 15) is 8.68 Å². The molecule has 3 nitrogen and oxygen atoms in total. The van der Waals surface area contributed by atoms with Crippen LogP contribution in [-0.2, 0) is 6.54 Å². The van der Waals surface area contributed by atoms with E-state index in [-0.39, 0.29) is 18.0 Å². The van der Waals surface area contributed by atoms with Gasteiger partial charge in [-0.1, -0.05) is 18.2 Å². The molecule has 0 aliphatic heterocycles. The van der Waals surface area contributed by atoms with E-state index in [0.29, 0.717) is 12.3 Å². The fraction of sp³-hybridized carbons (Fsp3) is 0.0833. The molecule has 0 spiro atoms. The smallest absolute Gasteiger partial charge is 0.272 e. The molecule has 17 heavy (non-hydrogen) atoms. The van der Waals surface area contributed by atoms with E-state index in [4.69, 9.17) is 0 Å². The van der Waals surface area contributed by atoms with Gasteiger partial charge in [0, 0.05) is 12.3 Å². The van der Waals surface area contributed by atoms with E-state index in [1.807, 2.05) is 0 Å². The van der Waals surface area contributed by atoms with Crippen molar-refractivity contribution >= 4 is 12.4 Å². The molecule has 0 N–H and O–H groups in total. The third-order valence-corrected chi connectivity index (χ3v) is 2.56. The molecule has 0 aliphatic rings. The van der Waals surface area contributed by atoms with Crippen LogP contribution in [0.1, 0.15) is 5.56 Å². The van der Waals surface area contributed by atoms with Gasteiger partial charge in [0.05, 0.1) is 6.54 Å². The second-order valence-electron chi connectivity index (χ2n) is 3.46. The Kier molecular flexibility index (Phi) is 3.82. The van der Waals surface area contributed by atoms with Crippen molar-refractivity contribution in [1.29, 1.82) is 0 Å². The second-order valence-corrected chi connectivity index (χ2v) is 3.75. The molecule has 1 aromatic carbocycles. The number of hydrogen-bond donors (Lipinski definition) is 0. The van der Waals surface area contributed by atoms with Gasteiger partial charge in [0.1, 0.15) is 5.75 Å². The number of pyridine rings is 1. The van der Waals surface area contributed by atoms with Crippen molar-refractivity contribution in [3.8, 4) is 5.75 Å². The summed E-state index contributed by atoms with van der Waals surface area (Å²) in [6.07, 6.45) is 1.73. The minimum atomic E-state index is -0.188. The quantitative estimate of drug-likeness (QED) is 0.783. The number of hydrogen-bond acceptors (Lipinski definition) is 3. The van der Waals surface area contributed by atoms with E-state index in [2.05, 4.69) is 4.18 Å². The average Bonchev–Trinajstić information content (AvgIpc) is 2.35. The third-order valence-electron chi connectivity index (χ3n) is 2.30. The summed E-state index contributed by atoms with van der Waals surface area (Å²) in [6.45, 7) is 0.489. The highest BCUT2D eigenvalue weighted by Gasteiger charge is 1.98. The Bertz CT molecular complexity index is 539. The van der Waals surface area contributed by atoms with Crippen LogP contribution in [0, 0.1) is 0 Å². The van der Waals surface area contributed by atoms with Crippen LogP contribution in [-0.4, -0.2) is 4.57 Å². The number of aromatic nitrogens is 1. The van der Waals surface area contributed by atoms with Crippen molar-refractivity contribution in [2.45, 2.75) is 6.54 Å². The summed E-state index contributed by atoms with van der Waals surface area (Å²) in [4.78, 5) is 11.5. The molecule has 1 heterocycles. The highest BCUT2D eigenvalue weighted by Crippen LogP contribution is 2.17. The maximum atomic E-state index is 11.8. The molecule has 88 valence electrons. The van der Waals surface area contributed by atoms with Crippen LogP contribution in [0.15, 0.2) is 53.5 Å². The molecule has 0 saturated heterocycles. The second kappa shape index (κ2) is 5.54. The van der Waals surface area contributed by atoms with Gasteiger partial charge in [-0.25, -0.2) is 0 Å². The maximum absolute atomic E-state index is 11.8. The SMILES string of the molecule is O=c1ccccn1Cc1ccc(OSF)cc1. The first-order valence-electron chi connectivity index (χ1n) is 4.99. The average molecular weight is 251 g/mol. The Labute approximate surface area is 102 Å². The topological polar surface area (TPSA) is 31.2 Å². The van der Waals surface area contributed by atoms with Crippen LogP contribution in [0.2, 0.25) is 0 Å². The predicted octanol–water partition coefficient (Wildman–Crippen LogP) is 2.81. The summed E-state index contributed by atoms with van der Waals surface area (Å²) in [7, 11) is 0. The van der Waals surface area contributed by atoms with Crippen LogP contribution >= 0.6 is 12.4 Å². The maximum Gasteiger partial charge on any atom is 0.272 e. The molecule has 5 heteroatoms. The molecule has 0 atom stereocenters. The van der Waals surface area contributed by atoms with Crippen LogP contribution in [0.25, 0.3) is 0 Å². The number of benzene rings is 1. The summed E-state index contributed by atoms with van der Waals surface area (Å²) in [6, 6.07) is 11.9. The molecule has 0 fully saturated rings. The summed E-state index contributed by atoms with van der Waals surface area (Å²) < 4.78 is 18.0. The van der Waals surface area contributed by atoms with E-state index < -0.39 is 0 Å². The van der Waals surface area contributed by atoms with Crippen molar-refractivity contribution in [2.24, 2.45) is 0 Å². The molecular weight excluding hydrogens is 241 g/mol. The monoisotopic (exact) mass is 251 g/mol. The van der Waals surface area contributed by atoms with E-state index in [1.165, 1.54) is 6.07 Å². The standard InChI is InChI=1S/C12H10FNO2S/c13-17-16-11-6-4-10(5-7-11)9-14-8-2-1-3-12(14)15/h1-8H,9H2. The largest absolute Gasteiger partial charge is 0.397 e. The fourth-order valence-electron chi connectivity index (χ4n) is 1.47. The molecule has 0 unspecified atom stereocenters. The Hall–Kier alpha value is -1.75. The zero-order chi connectivity index (χ0) is 12.1. The van der Waals surface area contributed by atoms with Gasteiger partial charge in [-0.2, -0.15) is 0 Å². The summed E-state index contributed by atoms with van der Waals surface area (Å²) in [5, 5.41) is 0. The van der Waals surface area contributed by atoms with Gasteiger partial charge < -0.3 is 8.75 Å². The zero-order valence-electron chi connectivity index (χ0n) is 8.88. The zero-order valence-corrected chi connectivity index (χ0v) is 9.69. The molecule has 0 amide bonds. The lowest BCUT2D eigenvalue weighted by Gasteiger charge is -2.05. The Morgan fingerprint density at radius 3 is 2.59 bits per heavy atom. The minimum absolute atomic E-state index is 0.0489. The van der Waals surface area contributed by atoms with Crippen LogP contribution in [0.4, 0.5) is 3.89 Å². The summed E-state index contributed by atoms with van der Waals surface area (Å²) in [5.74, 6) is 0.446. The number of halogens is 1. The van der Waals surface area contributed by atoms with Gasteiger partial charge in [-0.3, -0.25) is 4.79 Å². The van der Waals surface area contributed by atoms with Gasteiger partial charge >= 0.3 is 0 Å². The van der Waals surface area contributed by atoms with Gasteiger partial charge in [-0.15, -0.1) is 3.89 Å². The van der Waals surface area contributed by atoms with Crippen LogP contribution in [0.5, 0.6) is 5.75 Å². The number of nitrogens with zero attached hydrogens (tertiary/aromatic N) is 1. The highest BCUT2D eigenvalue weighted by atomic mass is 32.2. The molecule has 2 aromatic rings. The van der Waals surface area contributed by atoms with Crippen LogP contribution < -0.4 is 9.74 Å². The van der Waals surface area contributed by atoms with Crippen molar-refractivity contribution in [3.63, 3.8) is 0 Å². The number of rotatable bonds is 4. The fourth-order valence-corrected chi connectivity index (χ4v) is 1.66. The molecule has 0 saturated carbocycles. The van der Waals surface area contributed by atoms with Gasteiger partial charge in [0.2, 0.25) is 0 Å². The lowest BCUT2D eigenvalue weighted by molar-refractivity contribution is 0.610. The Morgan fingerprint density at radius 2 is 1.94 bits per heavy atom. The summed E-state index contributed by atoms with van der Waals surface area (Å²) >= 11 is -0.188.